The number of hydrogen-bond acceptors (Lipinski definition) is 3. The minimum Gasteiger partial charge on any atom is -0.330 e. The number of rotatable bonds is 4. The summed E-state index contributed by atoms with van der Waals surface area (Å²) in [6, 6.07) is 0. The van der Waals surface area contributed by atoms with Crippen molar-refractivity contribution in [2.75, 3.05) is 46.3 Å². The number of likely N-dealkylation sites (N-methyl/N-ethyl adjacent to an activating group) is 1. The third-order valence-electron chi connectivity index (χ3n) is 3.02. The fourth-order valence-corrected chi connectivity index (χ4v) is 1.77. The first-order valence-electron chi connectivity index (χ1n) is 5.37. The van der Waals surface area contributed by atoms with Crippen molar-refractivity contribution in [2.24, 2.45) is 11.7 Å². The Morgan fingerprint density at radius 3 is 2.31 bits per heavy atom. The highest BCUT2D eigenvalue weighted by Crippen LogP contribution is 2.06. The maximum absolute atomic E-state index is 5.69. The molecular formula is C10H23N3. The molecule has 0 bridgehead atoms. The number of hydrogen-bond donors (Lipinski definition) is 1. The molecule has 2 N–H and O–H groups in total. The van der Waals surface area contributed by atoms with Gasteiger partial charge in [0.15, 0.2) is 0 Å². The molecule has 0 aromatic heterocycles. The van der Waals surface area contributed by atoms with Gasteiger partial charge >= 0.3 is 0 Å². The molecule has 13 heavy (non-hydrogen) atoms. The summed E-state index contributed by atoms with van der Waals surface area (Å²) in [5.74, 6) is 0.698. The van der Waals surface area contributed by atoms with Crippen LogP contribution in [0, 0.1) is 5.92 Å². The molecule has 1 unspecified atom stereocenters. The predicted molar refractivity (Wildman–Crippen MR) is 56.8 cm³/mol. The summed E-state index contributed by atoms with van der Waals surface area (Å²) in [7, 11) is 2.19. The molecule has 1 aliphatic rings. The second-order valence-electron chi connectivity index (χ2n) is 4.11. The quantitative estimate of drug-likeness (QED) is 0.680. The fraction of sp³-hybridized carbons (Fsp3) is 1.00. The smallest absolute Gasteiger partial charge is 0.0110 e. The van der Waals surface area contributed by atoms with E-state index in [-0.39, 0.29) is 0 Å². The first-order chi connectivity index (χ1) is 6.26. The molecule has 0 radical (unpaired) electrons. The van der Waals surface area contributed by atoms with Crippen molar-refractivity contribution in [1.29, 1.82) is 0 Å². The van der Waals surface area contributed by atoms with Crippen LogP contribution in [0.2, 0.25) is 0 Å². The highest BCUT2D eigenvalue weighted by Gasteiger charge is 2.16. The van der Waals surface area contributed by atoms with Crippen molar-refractivity contribution in [2.45, 2.75) is 13.3 Å². The van der Waals surface area contributed by atoms with Crippen LogP contribution in [0.4, 0.5) is 0 Å². The molecule has 1 fully saturated rings. The van der Waals surface area contributed by atoms with E-state index in [0.717, 1.165) is 6.54 Å². The normalized spacial score (nSPS) is 23.3. The van der Waals surface area contributed by atoms with Crippen molar-refractivity contribution < 1.29 is 0 Å². The van der Waals surface area contributed by atoms with Gasteiger partial charge in [-0.2, -0.15) is 0 Å². The Balaban J connectivity index is 2.21. The number of nitrogens with zero attached hydrogens (tertiary/aromatic N) is 2. The molecule has 1 heterocycles. The average molecular weight is 185 g/mol. The van der Waals surface area contributed by atoms with Crippen molar-refractivity contribution >= 4 is 0 Å². The first kappa shape index (κ1) is 11.0. The number of piperazine rings is 1. The van der Waals surface area contributed by atoms with Crippen molar-refractivity contribution in [3.8, 4) is 0 Å². The molecule has 0 amide bonds. The monoisotopic (exact) mass is 185 g/mol. The third-order valence-corrected chi connectivity index (χ3v) is 3.02. The van der Waals surface area contributed by atoms with Crippen molar-refractivity contribution in [3.63, 3.8) is 0 Å². The summed E-state index contributed by atoms with van der Waals surface area (Å²) in [6.45, 7) is 9.11. The number of nitrogens with two attached hydrogens (primary N) is 1. The van der Waals surface area contributed by atoms with E-state index in [1.807, 2.05) is 0 Å². The van der Waals surface area contributed by atoms with Gasteiger partial charge < -0.3 is 15.5 Å². The molecule has 0 spiro atoms. The van der Waals surface area contributed by atoms with E-state index in [4.69, 9.17) is 5.73 Å². The van der Waals surface area contributed by atoms with E-state index < -0.39 is 0 Å². The van der Waals surface area contributed by atoms with Crippen LogP contribution in [0.15, 0.2) is 0 Å². The molecule has 1 saturated heterocycles. The van der Waals surface area contributed by atoms with E-state index in [2.05, 4.69) is 23.8 Å². The predicted octanol–water partition coefficient (Wildman–Crippen LogP) is 0.219. The summed E-state index contributed by atoms with van der Waals surface area (Å²) in [6.07, 6.45) is 1.21. The van der Waals surface area contributed by atoms with Gasteiger partial charge in [0.05, 0.1) is 0 Å². The standard InChI is InChI=1S/C10H23N3/c1-3-10(8-11)9-13-6-4-12(2)5-7-13/h10H,3-9,11H2,1-2H3. The maximum atomic E-state index is 5.69. The van der Waals surface area contributed by atoms with Gasteiger partial charge in [0.1, 0.15) is 0 Å². The lowest BCUT2D eigenvalue weighted by molar-refractivity contribution is 0.136. The molecular weight excluding hydrogens is 162 g/mol. The Kier molecular flexibility index (Phi) is 4.70. The topological polar surface area (TPSA) is 32.5 Å². The molecule has 0 aromatic carbocycles. The molecule has 0 saturated carbocycles. The zero-order chi connectivity index (χ0) is 9.68. The Labute approximate surface area is 81.9 Å². The zero-order valence-electron chi connectivity index (χ0n) is 9.00. The van der Waals surface area contributed by atoms with E-state index in [1.165, 1.54) is 39.1 Å². The molecule has 0 aliphatic carbocycles. The first-order valence-corrected chi connectivity index (χ1v) is 5.37. The maximum Gasteiger partial charge on any atom is 0.0110 e. The second-order valence-corrected chi connectivity index (χ2v) is 4.11. The van der Waals surface area contributed by atoms with Gasteiger partial charge in [-0.15, -0.1) is 0 Å². The largest absolute Gasteiger partial charge is 0.330 e. The zero-order valence-corrected chi connectivity index (χ0v) is 9.00. The minimum atomic E-state index is 0.698. The second kappa shape index (κ2) is 5.58. The molecule has 1 atom stereocenters. The summed E-state index contributed by atoms with van der Waals surface area (Å²) in [5.41, 5.74) is 5.69. The van der Waals surface area contributed by atoms with Gasteiger partial charge in [-0.05, 0) is 19.5 Å². The lowest BCUT2D eigenvalue weighted by Crippen LogP contribution is -2.46. The van der Waals surface area contributed by atoms with Gasteiger partial charge in [-0.25, -0.2) is 0 Å². The Morgan fingerprint density at radius 1 is 1.23 bits per heavy atom. The molecule has 1 aliphatic heterocycles. The summed E-state index contributed by atoms with van der Waals surface area (Å²) >= 11 is 0. The van der Waals surface area contributed by atoms with Gasteiger partial charge in [-0.3, -0.25) is 0 Å². The van der Waals surface area contributed by atoms with Gasteiger partial charge in [0.25, 0.3) is 0 Å². The summed E-state index contributed by atoms with van der Waals surface area (Å²) < 4.78 is 0. The lowest BCUT2D eigenvalue weighted by atomic mass is 10.1. The molecule has 3 heteroatoms. The van der Waals surface area contributed by atoms with Gasteiger partial charge in [-0.1, -0.05) is 13.3 Å². The fourth-order valence-electron chi connectivity index (χ4n) is 1.77. The summed E-state index contributed by atoms with van der Waals surface area (Å²) in [4.78, 5) is 4.93. The van der Waals surface area contributed by atoms with Crippen LogP contribution in [0.5, 0.6) is 0 Å². The lowest BCUT2D eigenvalue weighted by Gasteiger charge is -2.34. The Morgan fingerprint density at radius 2 is 1.85 bits per heavy atom. The molecule has 3 nitrogen and oxygen atoms in total. The van der Waals surface area contributed by atoms with Crippen molar-refractivity contribution in [3.05, 3.63) is 0 Å². The van der Waals surface area contributed by atoms with E-state index >= 15 is 0 Å². The van der Waals surface area contributed by atoms with Crippen LogP contribution < -0.4 is 5.73 Å². The minimum absolute atomic E-state index is 0.698. The van der Waals surface area contributed by atoms with Crippen LogP contribution in [0.3, 0.4) is 0 Å². The Hall–Kier alpha value is -0.120. The average Bonchev–Trinajstić information content (AvgIpc) is 2.17. The molecule has 0 aromatic rings. The SMILES string of the molecule is CCC(CN)CN1CCN(C)CC1. The van der Waals surface area contributed by atoms with Crippen LogP contribution in [-0.2, 0) is 0 Å². The highest BCUT2D eigenvalue weighted by atomic mass is 15.2. The van der Waals surface area contributed by atoms with Crippen LogP contribution in [0.1, 0.15) is 13.3 Å². The highest BCUT2D eigenvalue weighted by molar-refractivity contribution is 4.72. The molecule has 1 rings (SSSR count). The van der Waals surface area contributed by atoms with E-state index in [9.17, 15) is 0 Å². The third kappa shape index (κ3) is 3.63. The summed E-state index contributed by atoms with van der Waals surface area (Å²) in [5, 5.41) is 0. The van der Waals surface area contributed by atoms with Gasteiger partial charge in [0, 0.05) is 32.7 Å². The van der Waals surface area contributed by atoms with E-state index in [0.29, 0.717) is 5.92 Å². The van der Waals surface area contributed by atoms with Crippen molar-refractivity contribution in [1.82, 2.24) is 9.80 Å². The van der Waals surface area contributed by atoms with Crippen LogP contribution >= 0.6 is 0 Å². The van der Waals surface area contributed by atoms with Gasteiger partial charge in [0.2, 0.25) is 0 Å². The molecule has 78 valence electrons. The van der Waals surface area contributed by atoms with Crippen LogP contribution in [0.25, 0.3) is 0 Å². The van der Waals surface area contributed by atoms with E-state index in [1.54, 1.807) is 0 Å². The van der Waals surface area contributed by atoms with Crippen LogP contribution in [-0.4, -0.2) is 56.1 Å². The Bertz CT molecular complexity index is 126.